The van der Waals surface area contributed by atoms with Crippen molar-refractivity contribution in [1.29, 1.82) is 0 Å². The number of aliphatic hydroxyl groups excluding tert-OH is 1. The van der Waals surface area contributed by atoms with Gasteiger partial charge in [-0.1, -0.05) is 13.0 Å². The Balaban J connectivity index is 1.50. The minimum Gasteiger partial charge on any atom is -0.512 e. The zero-order valence-corrected chi connectivity index (χ0v) is 20.0. The average Bonchev–Trinajstić information content (AvgIpc) is 3.55. The zero-order valence-electron chi connectivity index (χ0n) is 20.0. The van der Waals surface area contributed by atoms with Crippen LogP contribution in [0.3, 0.4) is 0 Å². The van der Waals surface area contributed by atoms with Crippen molar-refractivity contribution < 1.29 is 25.2 Å². The summed E-state index contributed by atoms with van der Waals surface area (Å²) >= 11 is 0. The van der Waals surface area contributed by atoms with E-state index in [-0.39, 0.29) is 35.3 Å². The van der Waals surface area contributed by atoms with Gasteiger partial charge in [-0.15, -0.1) is 0 Å². The Hall–Kier alpha value is -3.04. The van der Waals surface area contributed by atoms with Gasteiger partial charge in [-0.25, -0.2) is 0 Å². The zero-order chi connectivity index (χ0) is 24.7. The molecule has 1 aliphatic heterocycles. The number of hydrogen-bond acceptors (Lipinski definition) is 7. The van der Waals surface area contributed by atoms with Gasteiger partial charge in [0.15, 0.2) is 11.5 Å². The van der Waals surface area contributed by atoms with E-state index in [0.29, 0.717) is 36.7 Å². The molecule has 3 aliphatic carbocycles. The number of nitrogens with zero attached hydrogens (tertiary/aromatic N) is 3. The molecule has 0 radical (unpaired) electrons. The number of aliphatic hydroxyl groups is 2. The van der Waals surface area contributed by atoms with Crippen LogP contribution in [0.1, 0.15) is 43.7 Å². The van der Waals surface area contributed by atoms with E-state index in [9.17, 15) is 25.2 Å². The summed E-state index contributed by atoms with van der Waals surface area (Å²) in [5, 5.41) is 52.4. The van der Waals surface area contributed by atoms with Gasteiger partial charge < -0.3 is 25.7 Å². The van der Waals surface area contributed by atoms with Crippen molar-refractivity contribution >= 4 is 11.7 Å². The number of carbonyl (C=O) groups excluding carboxylic acids is 1. The fourth-order valence-corrected chi connectivity index (χ4v) is 7.10. The maximum atomic E-state index is 13.4. The molecule has 1 saturated carbocycles. The van der Waals surface area contributed by atoms with E-state index in [4.69, 9.17) is 0 Å². The highest BCUT2D eigenvalue weighted by Gasteiger charge is 2.69. The molecule has 1 aromatic heterocycles. The van der Waals surface area contributed by atoms with Crippen LogP contribution in [0.15, 0.2) is 35.7 Å². The van der Waals surface area contributed by atoms with E-state index in [0.717, 1.165) is 12.1 Å². The Kier molecular flexibility index (Phi) is 4.79. The van der Waals surface area contributed by atoms with Crippen molar-refractivity contribution in [3.8, 4) is 11.5 Å². The molecule has 6 rings (SSSR count). The van der Waals surface area contributed by atoms with Crippen LogP contribution in [0.2, 0.25) is 0 Å². The van der Waals surface area contributed by atoms with Crippen molar-refractivity contribution in [2.45, 2.75) is 56.1 Å². The highest BCUT2D eigenvalue weighted by molar-refractivity contribution is 6.04. The molecule has 4 atom stereocenters. The fourth-order valence-electron chi connectivity index (χ4n) is 7.10. The number of aromatic nitrogens is 2. The van der Waals surface area contributed by atoms with E-state index in [2.05, 4.69) is 15.3 Å². The third kappa shape index (κ3) is 3.00. The summed E-state index contributed by atoms with van der Waals surface area (Å²) in [6.07, 6.45) is 4.90. The second kappa shape index (κ2) is 7.48. The molecule has 9 heteroatoms. The average molecular weight is 481 g/mol. The first-order chi connectivity index (χ1) is 16.7. The minimum atomic E-state index is -1.41. The highest BCUT2D eigenvalue weighted by Crippen LogP contribution is 2.63. The second-order valence-electron chi connectivity index (χ2n) is 10.8. The maximum Gasteiger partial charge on any atom is 0.256 e. The maximum absolute atomic E-state index is 13.4. The van der Waals surface area contributed by atoms with E-state index in [1.807, 2.05) is 13.0 Å². The Bertz CT molecular complexity index is 1250. The molecule has 186 valence electrons. The van der Waals surface area contributed by atoms with Crippen LogP contribution in [-0.2, 0) is 23.7 Å². The van der Waals surface area contributed by atoms with E-state index >= 15 is 0 Å². The normalized spacial score (nSPS) is 32.2. The summed E-state index contributed by atoms with van der Waals surface area (Å²) in [5.74, 6) is -0.572. The number of nitrogens with one attached hydrogen (secondary N) is 1. The van der Waals surface area contributed by atoms with Gasteiger partial charge in [0.05, 0.1) is 17.4 Å². The van der Waals surface area contributed by atoms with Crippen LogP contribution < -0.4 is 5.32 Å². The van der Waals surface area contributed by atoms with Gasteiger partial charge >= 0.3 is 0 Å². The van der Waals surface area contributed by atoms with Crippen LogP contribution >= 0.6 is 0 Å². The lowest BCUT2D eigenvalue weighted by molar-refractivity contribution is -0.171. The number of phenols is 2. The number of aromatic hydroxyl groups is 2. The Morgan fingerprint density at radius 3 is 2.69 bits per heavy atom. The molecule has 2 heterocycles. The van der Waals surface area contributed by atoms with Crippen LogP contribution in [0.25, 0.3) is 0 Å². The fraction of sp³-hybridized carbons (Fsp3) is 0.538. The van der Waals surface area contributed by atoms with Crippen LogP contribution in [0, 0.1) is 11.8 Å². The predicted molar refractivity (Wildman–Crippen MR) is 128 cm³/mol. The number of carbonyl (C=O) groups is 1. The van der Waals surface area contributed by atoms with Gasteiger partial charge in [0.2, 0.25) is 0 Å². The van der Waals surface area contributed by atoms with Crippen LogP contribution in [-0.4, -0.2) is 65.7 Å². The topological polar surface area (TPSA) is 131 Å². The minimum absolute atomic E-state index is 0.0484. The van der Waals surface area contributed by atoms with Gasteiger partial charge in [0, 0.05) is 49.0 Å². The molecule has 2 bridgehead atoms. The quantitative estimate of drug-likeness (QED) is 0.425. The van der Waals surface area contributed by atoms with Crippen molar-refractivity contribution in [3.63, 3.8) is 0 Å². The Labute approximate surface area is 203 Å². The molecule has 35 heavy (non-hydrogen) atoms. The van der Waals surface area contributed by atoms with Crippen LogP contribution in [0.5, 0.6) is 11.5 Å². The van der Waals surface area contributed by atoms with Crippen molar-refractivity contribution in [2.24, 2.45) is 18.9 Å². The smallest absolute Gasteiger partial charge is 0.256 e. The Morgan fingerprint density at radius 2 is 2.00 bits per heavy atom. The number of fused-ring (bicyclic) bond motifs is 1. The molecule has 0 unspecified atom stereocenters. The molecule has 5 N–H and O–H groups in total. The number of piperidine rings is 1. The molecular formula is C26H32N4O5. The molecule has 1 aromatic carbocycles. The first-order valence-corrected chi connectivity index (χ1v) is 12.4. The lowest BCUT2D eigenvalue weighted by Crippen LogP contribution is -2.75. The third-order valence-electron chi connectivity index (χ3n) is 9.09. The first kappa shape index (κ1) is 22.4. The molecule has 2 aromatic rings. The summed E-state index contributed by atoms with van der Waals surface area (Å²) in [7, 11) is 1.71. The number of rotatable bonds is 4. The standard InChI is InChI=1S/C26H32N4O5/c1-14-22(32)17(24(34)28-20-7-9-27-29(20)2)12-26(35)19-11-16-5-6-18(31)23(33)21(16)25(14,26)8-10-30(19)13-15-3-4-15/h5-7,9,14-15,19,31-33,35H,3-4,8,10-13H2,1-2H3,(H,28,34)/t14-,19+,25+,26+/m0/s1. The predicted octanol–water partition coefficient (Wildman–Crippen LogP) is 2.33. The lowest BCUT2D eigenvalue weighted by atomic mass is 9.46. The summed E-state index contributed by atoms with van der Waals surface area (Å²) in [4.78, 5) is 15.7. The number of allylic oxidation sites excluding steroid dienone is 1. The summed E-state index contributed by atoms with van der Waals surface area (Å²) < 4.78 is 1.53. The number of likely N-dealkylation sites (tertiary alicyclic amines) is 1. The van der Waals surface area contributed by atoms with E-state index in [1.54, 1.807) is 19.3 Å². The van der Waals surface area contributed by atoms with Crippen LogP contribution in [0.4, 0.5) is 5.82 Å². The monoisotopic (exact) mass is 480 g/mol. The van der Waals surface area contributed by atoms with Gasteiger partial charge in [0.1, 0.15) is 11.6 Å². The molecule has 9 nitrogen and oxygen atoms in total. The number of phenolic OH excluding ortho intramolecular Hbond substituents is 2. The van der Waals surface area contributed by atoms with Crippen molar-refractivity contribution in [3.05, 3.63) is 46.9 Å². The Morgan fingerprint density at radius 1 is 1.23 bits per heavy atom. The van der Waals surface area contributed by atoms with E-state index in [1.165, 1.54) is 23.6 Å². The van der Waals surface area contributed by atoms with Gasteiger partial charge in [-0.2, -0.15) is 5.10 Å². The number of benzene rings is 1. The molecule has 0 spiro atoms. The summed E-state index contributed by atoms with van der Waals surface area (Å²) in [6.45, 7) is 3.41. The number of anilines is 1. The largest absolute Gasteiger partial charge is 0.512 e. The van der Waals surface area contributed by atoms with Gasteiger partial charge in [0.25, 0.3) is 5.91 Å². The third-order valence-corrected chi connectivity index (χ3v) is 9.09. The van der Waals surface area contributed by atoms with Gasteiger partial charge in [-0.3, -0.25) is 14.4 Å². The van der Waals surface area contributed by atoms with Gasteiger partial charge in [-0.05, 0) is 49.8 Å². The first-order valence-electron chi connectivity index (χ1n) is 12.4. The SMILES string of the molecule is C[C@H]1C(O)=C(C(=O)Nc2ccnn2C)C[C@@]2(O)[C@H]3Cc4ccc(O)c(O)c4[C@@]12CCN3CC1CC1. The van der Waals surface area contributed by atoms with Crippen molar-refractivity contribution in [1.82, 2.24) is 14.7 Å². The molecule has 4 aliphatic rings. The summed E-state index contributed by atoms with van der Waals surface area (Å²) in [5.41, 5.74) is -0.916. The second-order valence-corrected chi connectivity index (χ2v) is 10.8. The van der Waals surface area contributed by atoms with Crippen molar-refractivity contribution in [2.75, 3.05) is 18.4 Å². The molecular weight excluding hydrogens is 448 g/mol. The number of aryl methyl sites for hydroxylation is 1. The number of amides is 1. The highest BCUT2D eigenvalue weighted by atomic mass is 16.3. The van der Waals surface area contributed by atoms with E-state index < -0.39 is 22.8 Å². The number of hydrogen-bond donors (Lipinski definition) is 5. The molecule has 1 amide bonds. The summed E-state index contributed by atoms with van der Waals surface area (Å²) in [6, 6.07) is 4.70. The molecule has 2 fully saturated rings. The lowest BCUT2D eigenvalue weighted by Gasteiger charge is -2.65. The molecule has 1 saturated heterocycles.